The summed E-state index contributed by atoms with van der Waals surface area (Å²) in [6.45, 7) is 6.67. The Labute approximate surface area is 505 Å². The molecule has 0 spiro atoms. The van der Waals surface area contributed by atoms with Gasteiger partial charge in [-0.05, 0) is 83.5 Å². The van der Waals surface area contributed by atoms with Crippen LogP contribution in [0.2, 0.25) is 0 Å². The summed E-state index contributed by atoms with van der Waals surface area (Å²) in [7, 11) is 0. The number of rotatable bonds is 67. The fraction of sp³-hybridized carbons (Fsp3) is 0.853. The molecule has 6 nitrogen and oxygen atoms in total. The third-order valence-electron chi connectivity index (χ3n) is 16.3. The molecule has 0 saturated heterocycles. The minimum Gasteiger partial charge on any atom is -0.462 e. The van der Waals surface area contributed by atoms with Crippen molar-refractivity contribution in [2.75, 3.05) is 13.2 Å². The van der Waals surface area contributed by atoms with E-state index in [4.69, 9.17) is 14.2 Å². The van der Waals surface area contributed by atoms with Crippen molar-refractivity contribution in [1.82, 2.24) is 0 Å². The van der Waals surface area contributed by atoms with Gasteiger partial charge in [0.1, 0.15) is 13.2 Å². The van der Waals surface area contributed by atoms with E-state index in [2.05, 4.69) is 69.4 Å². The largest absolute Gasteiger partial charge is 0.462 e. The molecule has 6 heteroatoms. The highest BCUT2D eigenvalue weighted by molar-refractivity contribution is 5.71. The molecule has 1 unspecified atom stereocenters. The molecule has 0 aliphatic heterocycles. The zero-order valence-electron chi connectivity index (χ0n) is 54.6. The second-order valence-corrected chi connectivity index (χ2v) is 24.5. The normalized spacial score (nSPS) is 12.3. The van der Waals surface area contributed by atoms with E-state index in [1.165, 1.54) is 263 Å². The Morgan fingerprint density at radius 3 is 0.691 bits per heavy atom. The van der Waals surface area contributed by atoms with Crippen LogP contribution in [0.1, 0.15) is 393 Å². The molecule has 81 heavy (non-hydrogen) atoms. The third kappa shape index (κ3) is 68.0. The molecule has 0 bridgehead atoms. The van der Waals surface area contributed by atoms with Crippen LogP contribution in [0.15, 0.2) is 48.6 Å². The SMILES string of the molecule is CCCCCC/C=C\C/C=C\CCCCCCCC(=O)OC(COC(=O)CCCCCCCCCCCCCCCCCC)COC(=O)CCCCCCCCCCCCCCCCCCCCC/C=C\C/C=C\CCCCCCC. The van der Waals surface area contributed by atoms with Gasteiger partial charge in [0.25, 0.3) is 0 Å². The van der Waals surface area contributed by atoms with Crippen LogP contribution in [0.4, 0.5) is 0 Å². The average molecular weight is 1140 g/mol. The Morgan fingerprint density at radius 2 is 0.444 bits per heavy atom. The maximum absolute atomic E-state index is 12.9. The van der Waals surface area contributed by atoms with Gasteiger partial charge in [0.2, 0.25) is 0 Å². The first-order valence-electron chi connectivity index (χ1n) is 36.1. The molecular weight excluding hydrogens is 997 g/mol. The van der Waals surface area contributed by atoms with Gasteiger partial charge in [-0.25, -0.2) is 0 Å². The topological polar surface area (TPSA) is 78.9 Å². The summed E-state index contributed by atoms with van der Waals surface area (Å²) >= 11 is 0. The van der Waals surface area contributed by atoms with Gasteiger partial charge in [-0.1, -0.05) is 339 Å². The molecule has 0 saturated carbocycles. The smallest absolute Gasteiger partial charge is 0.306 e. The minimum atomic E-state index is -0.778. The van der Waals surface area contributed by atoms with Crippen molar-refractivity contribution in [3.05, 3.63) is 48.6 Å². The third-order valence-corrected chi connectivity index (χ3v) is 16.3. The van der Waals surface area contributed by atoms with E-state index in [1.807, 2.05) is 0 Å². The van der Waals surface area contributed by atoms with E-state index in [0.29, 0.717) is 19.3 Å². The molecule has 0 heterocycles. The molecule has 0 amide bonds. The average Bonchev–Trinajstić information content (AvgIpc) is 3.47. The molecule has 0 radical (unpaired) electrons. The molecule has 0 aliphatic rings. The van der Waals surface area contributed by atoms with Crippen LogP contribution in [0.5, 0.6) is 0 Å². The molecule has 1 atom stereocenters. The Hall–Kier alpha value is -2.63. The standard InChI is InChI=1S/C75H138O6/c1-4-7-10-13-16-19-22-25-28-31-32-33-34-35-36-37-38-39-40-41-42-43-44-45-48-50-53-56-59-62-65-68-74(77)80-71-72(81-75(78)69-66-63-60-57-54-51-47-30-27-24-21-18-15-12-9-6-3)70-79-73(76)67-64-61-58-55-52-49-46-29-26-23-20-17-14-11-8-5-2/h21-22,24-25,30-32,47,72H,4-20,23,26-29,33-46,48-71H2,1-3H3/b24-21-,25-22-,32-31-,47-30-. The Bertz CT molecular complexity index is 1400. The highest BCUT2D eigenvalue weighted by Gasteiger charge is 2.19. The summed E-state index contributed by atoms with van der Waals surface area (Å²) in [4.78, 5) is 38.4. The molecule has 0 aromatic rings. The predicted octanol–water partition coefficient (Wildman–Crippen LogP) is 24.9. The number of unbranched alkanes of at least 4 members (excludes halogenated alkanes) is 48. The highest BCUT2D eigenvalue weighted by atomic mass is 16.6. The monoisotopic (exact) mass is 1140 g/mol. The lowest BCUT2D eigenvalue weighted by Gasteiger charge is -2.18. The summed E-state index contributed by atoms with van der Waals surface area (Å²) in [6.07, 6.45) is 88.6. The number of carbonyl (C=O) groups is 3. The Morgan fingerprint density at radius 1 is 0.247 bits per heavy atom. The lowest BCUT2D eigenvalue weighted by molar-refractivity contribution is -0.167. The first-order valence-corrected chi connectivity index (χ1v) is 36.1. The summed E-state index contributed by atoms with van der Waals surface area (Å²) in [5.41, 5.74) is 0. The van der Waals surface area contributed by atoms with Crippen LogP contribution in [0.3, 0.4) is 0 Å². The lowest BCUT2D eigenvalue weighted by atomic mass is 10.0. The van der Waals surface area contributed by atoms with Gasteiger partial charge >= 0.3 is 17.9 Å². The van der Waals surface area contributed by atoms with Crippen LogP contribution in [-0.2, 0) is 28.6 Å². The van der Waals surface area contributed by atoms with E-state index >= 15 is 0 Å². The molecular formula is C75H138O6. The van der Waals surface area contributed by atoms with Crippen LogP contribution < -0.4 is 0 Å². The minimum absolute atomic E-state index is 0.0732. The molecule has 0 fully saturated rings. The fourth-order valence-corrected chi connectivity index (χ4v) is 10.9. The van der Waals surface area contributed by atoms with Crippen LogP contribution >= 0.6 is 0 Å². The van der Waals surface area contributed by atoms with Crippen LogP contribution in [0.25, 0.3) is 0 Å². The van der Waals surface area contributed by atoms with Crippen molar-refractivity contribution in [2.24, 2.45) is 0 Å². The molecule has 0 aromatic heterocycles. The zero-order chi connectivity index (χ0) is 58.5. The number of ether oxygens (including phenoxy) is 3. The van der Waals surface area contributed by atoms with Crippen molar-refractivity contribution in [3.63, 3.8) is 0 Å². The van der Waals surface area contributed by atoms with Crippen molar-refractivity contribution in [2.45, 2.75) is 399 Å². The number of hydrogen-bond donors (Lipinski definition) is 0. The van der Waals surface area contributed by atoms with Crippen LogP contribution in [-0.4, -0.2) is 37.2 Å². The molecule has 0 N–H and O–H groups in total. The van der Waals surface area contributed by atoms with Gasteiger partial charge in [-0.15, -0.1) is 0 Å². The van der Waals surface area contributed by atoms with E-state index in [0.717, 1.165) is 89.9 Å². The van der Waals surface area contributed by atoms with Gasteiger partial charge in [-0.2, -0.15) is 0 Å². The molecule has 0 aliphatic carbocycles. The number of hydrogen-bond acceptors (Lipinski definition) is 6. The van der Waals surface area contributed by atoms with Gasteiger partial charge in [0.15, 0.2) is 6.10 Å². The second-order valence-electron chi connectivity index (χ2n) is 24.5. The summed E-state index contributed by atoms with van der Waals surface area (Å²) in [6, 6.07) is 0. The number of carbonyl (C=O) groups excluding carboxylic acids is 3. The summed E-state index contributed by atoms with van der Waals surface area (Å²) in [5.74, 6) is -0.859. The Kier molecular flexibility index (Phi) is 67.6. The maximum atomic E-state index is 12.9. The quantitative estimate of drug-likeness (QED) is 0.0261. The van der Waals surface area contributed by atoms with E-state index in [1.54, 1.807) is 0 Å². The van der Waals surface area contributed by atoms with Gasteiger partial charge < -0.3 is 14.2 Å². The van der Waals surface area contributed by atoms with Crippen LogP contribution in [0, 0.1) is 0 Å². The Balaban J connectivity index is 4.18. The van der Waals surface area contributed by atoms with Crippen molar-refractivity contribution < 1.29 is 28.6 Å². The first-order chi connectivity index (χ1) is 40.0. The second kappa shape index (κ2) is 69.9. The lowest BCUT2D eigenvalue weighted by Crippen LogP contribution is -2.30. The summed E-state index contributed by atoms with van der Waals surface area (Å²) < 4.78 is 17.0. The molecule has 0 rings (SSSR count). The van der Waals surface area contributed by atoms with Crippen molar-refractivity contribution >= 4 is 17.9 Å². The fourth-order valence-electron chi connectivity index (χ4n) is 10.9. The number of esters is 3. The van der Waals surface area contributed by atoms with E-state index in [-0.39, 0.29) is 31.1 Å². The van der Waals surface area contributed by atoms with Gasteiger partial charge in [-0.3, -0.25) is 14.4 Å². The summed E-state index contributed by atoms with van der Waals surface area (Å²) in [5, 5.41) is 0. The zero-order valence-corrected chi connectivity index (χ0v) is 54.6. The van der Waals surface area contributed by atoms with Crippen molar-refractivity contribution in [1.29, 1.82) is 0 Å². The maximum Gasteiger partial charge on any atom is 0.306 e. The van der Waals surface area contributed by atoms with Gasteiger partial charge in [0, 0.05) is 19.3 Å². The highest BCUT2D eigenvalue weighted by Crippen LogP contribution is 2.18. The number of allylic oxidation sites excluding steroid dienone is 8. The van der Waals surface area contributed by atoms with E-state index < -0.39 is 6.10 Å². The van der Waals surface area contributed by atoms with E-state index in [9.17, 15) is 14.4 Å². The molecule has 474 valence electrons. The van der Waals surface area contributed by atoms with Gasteiger partial charge in [0.05, 0.1) is 0 Å². The van der Waals surface area contributed by atoms with Crippen molar-refractivity contribution in [3.8, 4) is 0 Å². The molecule has 0 aromatic carbocycles. The first kappa shape index (κ1) is 78.4. The predicted molar refractivity (Wildman–Crippen MR) is 353 cm³/mol.